The SMILES string of the molecule is CCCNc1ncc(B(O)O)cn1. The van der Waals surface area contributed by atoms with Gasteiger partial charge in [-0.1, -0.05) is 6.92 Å². The Morgan fingerprint density at radius 2 is 2.00 bits per heavy atom. The molecule has 5 nitrogen and oxygen atoms in total. The molecule has 0 unspecified atom stereocenters. The molecule has 0 aliphatic heterocycles. The van der Waals surface area contributed by atoms with Gasteiger partial charge >= 0.3 is 7.12 Å². The van der Waals surface area contributed by atoms with Crippen molar-refractivity contribution in [2.45, 2.75) is 13.3 Å². The third-order valence-electron chi connectivity index (χ3n) is 1.50. The zero-order chi connectivity index (χ0) is 9.68. The molecule has 1 aromatic heterocycles. The summed E-state index contributed by atoms with van der Waals surface area (Å²) in [5.41, 5.74) is 0.294. The first-order valence-corrected chi connectivity index (χ1v) is 4.16. The van der Waals surface area contributed by atoms with Crippen molar-refractivity contribution in [2.24, 2.45) is 0 Å². The van der Waals surface area contributed by atoms with Crippen molar-refractivity contribution in [1.82, 2.24) is 9.97 Å². The molecule has 6 heteroatoms. The largest absolute Gasteiger partial charge is 0.491 e. The van der Waals surface area contributed by atoms with E-state index in [4.69, 9.17) is 10.0 Å². The van der Waals surface area contributed by atoms with E-state index in [1.807, 2.05) is 6.92 Å². The lowest BCUT2D eigenvalue weighted by Crippen LogP contribution is -2.30. The summed E-state index contributed by atoms with van der Waals surface area (Å²) in [6.07, 6.45) is 3.76. The van der Waals surface area contributed by atoms with Gasteiger partial charge in [0, 0.05) is 24.4 Å². The Balaban J connectivity index is 2.59. The predicted molar refractivity (Wildman–Crippen MR) is 50.6 cm³/mol. The van der Waals surface area contributed by atoms with Gasteiger partial charge in [-0.3, -0.25) is 0 Å². The van der Waals surface area contributed by atoms with Crippen LogP contribution < -0.4 is 10.8 Å². The van der Waals surface area contributed by atoms with E-state index >= 15 is 0 Å². The second-order valence-corrected chi connectivity index (χ2v) is 2.64. The molecule has 0 aliphatic rings. The lowest BCUT2D eigenvalue weighted by atomic mass is 9.83. The summed E-state index contributed by atoms with van der Waals surface area (Å²) in [6.45, 7) is 2.85. The lowest BCUT2D eigenvalue weighted by molar-refractivity contribution is 0.425. The molecule has 1 rings (SSSR count). The van der Waals surface area contributed by atoms with Crippen LogP contribution in [0.5, 0.6) is 0 Å². The highest BCUT2D eigenvalue weighted by molar-refractivity contribution is 6.58. The Kier molecular flexibility index (Phi) is 3.66. The van der Waals surface area contributed by atoms with Gasteiger partial charge in [0.1, 0.15) is 0 Å². The average Bonchev–Trinajstić information content (AvgIpc) is 2.15. The lowest BCUT2D eigenvalue weighted by Gasteiger charge is -2.02. The molecular formula is C7H12BN3O2. The second kappa shape index (κ2) is 4.79. The minimum absolute atomic E-state index is 0.294. The Morgan fingerprint density at radius 1 is 1.38 bits per heavy atom. The third-order valence-corrected chi connectivity index (χ3v) is 1.50. The van der Waals surface area contributed by atoms with Crippen molar-refractivity contribution in [1.29, 1.82) is 0 Å². The van der Waals surface area contributed by atoms with E-state index in [-0.39, 0.29) is 0 Å². The molecular weight excluding hydrogens is 169 g/mol. The van der Waals surface area contributed by atoms with Crippen molar-refractivity contribution in [3.8, 4) is 0 Å². The van der Waals surface area contributed by atoms with Crippen LogP contribution in [0.25, 0.3) is 0 Å². The zero-order valence-corrected chi connectivity index (χ0v) is 7.44. The summed E-state index contributed by atoms with van der Waals surface area (Å²) in [7, 11) is -1.50. The molecule has 0 atom stereocenters. The molecule has 1 aromatic rings. The Morgan fingerprint density at radius 3 is 2.46 bits per heavy atom. The van der Waals surface area contributed by atoms with E-state index in [0.717, 1.165) is 13.0 Å². The molecule has 0 saturated heterocycles. The fourth-order valence-electron chi connectivity index (χ4n) is 0.799. The van der Waals surface area contributed by atoms with Crippen molar-refractivity contribution in [3.05, 3.63) is 12.4 Å². The van der Waals surface area contributed by atoms with Crippen LogP contribution in [0.2, 0.25) is 0 Å². The van der Waals surface area contributed by atoms with Crippen LogP contribution in [-0.4, -0.2) is 33.7 Å². The number of rotatable bonds is 4. The number of nitrogens with zero attached hydrogens (tertiary/aromatic N) is 2. The van der Waals surface area contributed by atoms with Gasteiger partial charge in [-0.05, 0) is 6.42 Å². The molecule has 13 heavy (non-hydrogen) atoms. The Labute approximate surface area is 77.0 Å². The Bertz CT molecular complexity index is 252. The topological polar surface area (TPSA) is 78.3 Å². The van der Waals surface area contributed by atoms with Crippen molar-refractivity contribution in [3.63, 3.8) is 0 Å². The maximum Gasteiger partial charge on any atom is 0.491 e. The molecule has 0 saturated carbocycles. The maximum absolute atomic E-state index is 8.75. The van der Waals surface area contributed by atoms with Crippen molar-refractivity contribution < 1.29 is 10.0 Å². The number of hydrogen-bond donors (Lipinski definition) is 3. The summed E-state index contributed by atoms with van der Waals surface area (Å²) in [5, 5.41) is 20.5. The molecule has 0 aromatic carbocycles. The van der Waals surface area contributed by atoms with Gasteiger partial charge in [-0.2, -0.15) is 0 Å². The fraction of sp³-hybridized carbons (Fsp3) is 0.429. The van der Waals surface area contributed by atoms with Gasteiger partial charge in [0.05, 0.1) is 0 Å². The van der Waals surface area contributed by atoms with Gasteiger partial charge in [0.2, 0.25) is 5.95 Å². The molecule has 1 heterocycles. The third kappa shape index (κ3) is 3.00. The van der Waals surface area contributed by atoms with E-state index in [9.17, 15) is 0 Å². The predicted octanol–water partition coefficient (Wildman–Crippen LogP) is -1.02. The first kappa shape index (κ1) is 9.95. The maximum atomic E-state index is 8.75. The molecule has 0 radical (unpaired) electrons. The quantitative estimate of drug-likeness (QED) is 0.518. The van der Waals surface area contributed by atoms with Gasteiger partial charge in [-0.25, -0.2) is 9.97 Å². The number of hydrogen-bond acceptors (Lipinski definition) is 5. The van der Waals surface area contributed by atoms with E-state index in [2.05, 4.69) is 15.3 Å². The van der Waals surface area contributed by atoms with Crippen molar-refractivity contribution >= 4 is 18.5 Å². The van der Waals surface area contributed by atoms with Gasteiger partial charge in [-0.15, -0.1) is 0 Å². The van der Waals surface area contributed by atoms with Crippen molar-refractivity contribution in [2.75, 3.05) is 11.9 Å². The van der Waals surface area contributed by atoms with Crippen LogP contribution in [0.15, 0.2) is 12.4 Å². The first-order chi connectivity index (χ1) is 6.24. The van der Waals surface area contributed by atoms with Gasteiger partial charge in [0.25, 0.3) is 0 Å². The zero-order valence-electron chi connectivity index (χ0n) is 7.44. The summed E-state index contributed by atoms with van der Waals surface area (Å²) in [5.74, 6) is 0.506. The van der Waals surface area contributed by atoms with E-state index < -0.39 is 7.12 Å². The average molecular weight is 181 g/mol. The smallest absolute Gasteiger partial charge is 0.423 e. The van der Waals surface area contributed by atoms with Gasteiger partial charge < -0.3 is 15.4 Å². The highest BCUT2D eigenvalue weighted by Crippen LogP contribution is 1.92. The number of aromatic nitrogens is 2. The van der Waals surface area contributed by atoms with E-state index in [0.29, 0.717) is 11.4 Å². The van der Waals surface area contributed by atoms with Crippen LogP contribution >= 0.6 is 0 Å². The summed E-state index contributed by atoms with van der Waals surface area (Å²) < 4.78 is 0. The van der Waals surface area contributed by atoms with Crippen LogP contribution in [0, 0.1) is 0 Å². The molecule has 0 amide bonds. The Hall–Kier alpha value is -1.14. The highest BCUT2D eigenvalue weighted by atomic mass is 16.4. The number of nitrogens with one attached hydrogen (secondary N) is 1. The number of anilines is 1. The summed E-state index contributed by atoms with van der Waals surface area (Å²) >= 11 is 0. The normalized spacial score (nSPS) is 9.77. The molecule has 3 N–H and O–H groups in total. The van der Waals surface area contributed by atoms with E-state index in [1.54, 1.807) is 0 Å². The molecule has 0 aliphatic carbocycles. The monoisotopic (exact) mass is 181 g/mol. The molecule has 0 spiro atoms. The van der Waals surface area contributed by atoms with Gasteiger partial charge in [0.15, 0.2) is 0 Å². The molecule has 70 valence electrons. The van der Waals surface area contributed by atoms with Crippen LogP contribution in [-0.2, 0) is 0 Å². The minimum Gasteiger partial charge on any atom is -0.423 e. The molecule has 0 bridgehead atoms. The summed E-state index contributed by atoms with van der Waals surface area (Å²) in [4.78, 5) is 7.79. The minimum atomic E-state index is -1.50. The summed E-state index contributed by atoms with van der Waals surface area (Å²) in [6, 6.07) is 0. The fourth-order valence-corrected chi connectivity index (χ4v) is 0.799. The highest BCUT2D eigenvalue weighted by Gasteiger charge is 2.11. The van der Waals surface area contributed by atoms with Crippen LogP contribution in [0.4, 0.5) is 5.95 Å². The van der Waals surface area contributed by atoms with Crippen LogP contribution in [0.1, 0.15) is 13.3 Å². The second-order valence-electron chi connectivity index (χ2n) is 2.64. The first-order valence-electron chi connectivity index (χ1n) is 4.16. The molecule has 0 fully saturated rings. The van der Waals surface area contributed by atoms with Crippen LogP contribution in [0.3, 0.4) is 0 Å². The standard InChI is InChI=1S/C7H12BN3O2/c1-2-3-9-7-10-4-6(5-11-7)8(12)13/h4-5,12-13H,2-3H2,1H3,(H,9,10,11). The van der Waals surface area contributed by atoms with E-state index in [1.165, 1.54) is 12.4 Å².